The molecule has 2 aliphatic heterocycles. The predicted octanol–water partition coefficient (Wildman–Crippen LogP) is 4.72. The van der Waals surface area contributed by atoms with Crippen molar-refractivity contribution in [3.05, 3.63) is 116 Å². The number of rotatable bonds is 10. The van der Waals surface area contributed by atoms with Crippen molar-refractivity contribution in [2.45, 2.75) is 30.4 Å². The van der Waals surface area contributed by atoms with Gasteiger partial charge in [-0.05, 0) is 34.8 Å². The van der Waals surface area contributed by atoms with E-state index in [2.05, 4.69) is 10.3 Å². The Balaban J connectivity index is 1.33. The molecule has 3 N–H and O–H groups in total. The van der Waals surface area contributed by atoms with Gasteiger partial charge in [0.2, 0.25) is 16.9 Å². The summed E-state index contributed by atoms with van der Waals surface area (Å²) in [5, 5.41) is 7.06. The van der Waals surface area contributed by atoms with Crippen molar-refractivity contribution in [2.75, 3.05) is 5.75 Å². The van der Waals surface area contributed by atoms with Crippen LogP contribution in [0.5, 0.6) is 0 Å². The number of thiocarbonyl (C=S) groups is 1. The van der Waals surface area contributed by atoms with Gasteiger partial charge < -0.3 is 15.8 Å². The van der Waals surface area contributed by atoms with Crippen LogP contribution < -0.4 is 11.1 Å². The summed E-state index contributed by atoms with van der Waals surface area (Å²) < 4.78 is 6.56. The third kappa shape index (κ3) is 6.28. The fourth-order valence-corrected chi connectivity index (χ4v) is 8.34. The fraction of sp³-hybridized carbons (Fsp3) is 0.194. The lowest BCUT2D eigenvalue weighted by atomic mass is 10.0. The van der Waals surface area contributed by atoms with Gasteiger partial charge >= 0.3 is 0 Å². The number of thioether (sulfide) groups is 1. The van der Waals surface area contributed by atoms with Crippen molar-refractivity contribution in [3.63, 3.8) is 0 Å². The zero-order valence-electron chi connectivity index (χ0n) is 22.7. The Bertz CT molecular complexity index is 1650. The molecule has 218 valence electrons. The van der Waals surface area contributed by atoms with E-state index in [9.17, 15) is 14.4 Å². The van der Waals surface area contributed by atoms with E-state index in [4.69, 9.17) is 22.7 Å². The Morgan fingerprint density at radius 2 is 1.72 bits per heavy atom. The molecule has 0 spiro atoms. The monoisotopic (exact) mass is 646 g/mol. The van der Waals surface area contributed by atoms with E-state index in [-0.39, 0.29) is 35.1 Å². The Kier molecular flexibility index (Phi) is 8.70. The zero-order valence-corrected chi connectivity index (χ0v) is 25.9. The van der Waals surface area contributed by atoms with Crippen molar-refractivity contribution < 1.29 is 19.1 Å². The van der Waals surface area contributed by atoms with Crippen molar-refractivity contribution in [2.24, 2.45) is 5.73 Å². The van der Waals surface area contributed by atoms with E-state index in [1.54, 1.807) is 10.3 Å². The first kappa shape index (κ1) is 29.2. The number of ether oxygens (including phenoxy) is 1. The van der Waals surface area contributed by atoms with Gasteiger partial charge in [0.05, 0.1) is 18.5 Å². The summed E-state index contributed by atoms with van der Waals surface area (Å²) in [5.41, 5.74) is 8.97. The normalized spacial score (nSPS) is 17.8. The Morgan fingerprint density at radius 1 is 1.02 bits per heavy atom. The molecule has 1 fully saturated rings. The highest BCUT2D eigenvalue weighted by Gasteiger charge is 2.54. The number of hydrogen-bond donors (Lipinski definition) is 2. The van der Waals surface area contributed by atoms with Gasteiger partial charge in [-0.3, -0.25) is 19.3 Å². The number of aromatic nitrogens is 1. The summed E-state index contributed by atoms with van der Waals surface area (Å²) in [5.74, 6) is -0.466. The molecule has 0 saturated carbocycles. The topological polar surface area (TPSA) is 115 Å². The maximum atomic E-state index is 13.7. The molecule has 2 aromatic heterocycles. The van der Waals surface area contributed by atoms with Crippen LogP contribution >= 0.6 is 46.7 Å². The molecule has 2 atom stereocenters. The second kappa shape index (κ2) is 12.8. The van der Waals surface area contributed by atoms with Gasteiger partial charge in [-0.2, -0.15) is 0 Å². The summed E-state index contributed by atoms with van der Waals surface area (Å²) in [4.78, 5) is 45.2. The van der Waals surface area contributed by atoms with Crippen molar-refractivity contribution in [3.8, 4) is 0 Å². The summed E-state index contributed by atoms with van der Waals surface area (Å²) in [6.07, 6.45) is -0.289. The number of β-lactam (4-membered cyclic amide) rings is 1. The molecule has 0 radical (unpaired) electrons. The lowest BCUT2D eigenvalue weighted by molar-refractivity contribution is -0.145. The molecule has 43 heavy (non-hydrogen) atoms. The van der Waals surface area contributed by atoms with Crippen LogP contribution in [0.25, 0.3) is 5.57 Å². The second-order valence-electron chi connectivity index (χ2n) is 9.93. The number of amides is 3. The predicted molar refractivity (Wildman–Crippen MR) is 173 cm³/mol. The van der Waals surface area contributed by atoms with Crippen molar-refractivity contribution >= 4 is 75.0 Å². The van der Waals surface area contributed by atoms with Crippen LogP contribution in [0.1, 0.15) is 32.8 Å². The molecule has 6 rings (SSSR count). The molecule has 0 bridgehead atoms. The number of fused-ring (bicyclic) bond motifs is 1. The van der Waals surface area contributed by atoms with E-state index in [0.717, 1.165) is 21.6 Å². The molecular weight excluding hydrogens is 621 g/mol. The molecule has 1 saturated heterocycles. The number of nitrogens with zero attached hydrogens (tertiary/aromatic N) is 2. The highest BCUT2D eigenvalue weighted by Crippen LogP contribution is 2.45. The van der Waals surface area contributed by atoms with E-state index in [0.29, 0.717) is 22.2 Å². The smallest absolute Gasteiger partial charge is 0.253 e. The van der Waals surface area contributed by atoms with Crippen LogP contribution in [0.2, 0.25) is 0 Å². The molecule has 0 unspecified atom stereocenters. The van der Waals surface area contributed by atoms with E-state index >= 15 is 0 Å². The van der Waals surface area contributed by atoms with Crippen LogP contribution in [0.3, 0.4) is 0 Å². The van der Waals surface area contributed by atoms with E-state index < -0.39 is 18.1 Å². The minimum atomic E-state index is -0.683. The number of carbonyl (C=O) groups is 3. The Labute approximate surface area is 266 Å². The molecule has 2 aromatic carbocycles. The van der Waals surface area contributed by atoms with Gasteiger partial charge in [-0.1, -0.05) is 66.7 Å². The molecule has 12 heteroatoms. The first-order chi connectivity index (χ1) is 20.9. The minimum absolute atomic E-state index is 0.0148. The van der Waals surface area contributed by atoms with Crippen LogP contribution in [-0.2, 0) is 32.0 Å². The van der Waals surface area contributed by atoms with E-state index in [1.807, 2.05) is 78.2 Å². The quantitative estimate of drug-likeness (QED) is 0.189. The van der Waals surface area contributed by atoms with Crippen LogP contribution in [-0.4, -0.2) is 49.8 Å². The third-order valence-corrected chi connectivity index (χ3v) is 10.4. The third-order valence-electron chi connectivity index (χ3n) is 6.99. The minimum Gasteiger partial charge on any atom is -0.469 e. The molecule has 0 aliphatic carbocycles. The molecule has 3 amide bonds. The highest BCUT2D eigenvalue weighted by atomic mass is 32.2. The maximum Gasteiger partial charge on any atom is 0.253 e. The number of hydrogen-bond acceptors (Lipinski definition) is 9. The lowest BCUT2D eigenvalue weighted by Crippen LogP contribution is -2.70. The van der Waals surface area contributed by atoms with Gasteiger partial charge in [-0.25, -0.2) is 4.98 Å². The standard InChI is InChI=1S/C31H26N4O4S4/c32-23(36)14-20-16-42-28(33-20)22-17-43-30-25(34-24(37)15-21-12-7-13-41-21)29(38)35(30)26(22)31(40)39-27(18-8-3-1-4-9-18)19-10-5-2-6-11-19/h1-13,16,25,27,30H,14-15,17H2,(H2,32,36)(H,34,37)/t25-,30-/m1/s1. The average Bonchev–Trinajstić information content (AvgIpc) is 3.70. The number of nitrogens with two attached hydrogens (primary N) is 1. The van der Waals surface area contributed by atoms with Crippen LogP contribution in [0.4, 0.5) is 0 Å². The first-order valence-electron chi connectivity index (χ1n) is 13.4. The number of nitrogens with one attached hydrogen (secondary N) is 1. The number of thiophene rings is 1. The van der Waals surface area contributed by atoms with Crippen LogP contribution in [0, 0.1) is 0 Å². The Hall–Kier alpha value is -3.84. The van der Waals surface area contributed by atoms with Gasteiger partial charge in [0.1, 0.15) is 28.2 Å². The number of thiazole rings is 1. The fourth-order valence-electron chi connectivity index (χ4n) is 5.02. The number of primary amides is 1. The largest absolute Gasteiger partial charge is 0.469 e. The maximum absolute atomic E-state index is 13.7. The average molecular weight is 647 g/mol. The Morgan fingerprint density at radius 3 is 2.35 bits per heavy atom. The van der Waals surface area contributed by atoms with Gasteiger partial charge in [0.25, 0.3) is 5.91 Å². The first-order valence-corrected chi connectivity index (χ1v) is 16.6. The second-order valence-corrected chi connectivity index (χ2v) is 13.3. The molecule has 4 aromatic rings. The van der Waals surface area contributed by atoms with Gasteiger partial charge in [0.15, 0.2) is 0 Å². The molecular formula is C31H26N4O4S4. The van der Waals surface area contributed by atoms with Crippen molar-refractivity contribution in [1.82, 2.24) is 15.2 Å². The lowest BCUT2D eigenvalue weighted by Gasteiger charge is -2.50. The van der Waals surface area contributed by atoms with Crippen LogP contribution in [0.15, 0.2) is 89.3 Å². The van der Waals surface area contributed by atoms with Gasteiger partial charge in [-0.15, -0.1) is 34.4 Å². The van der Waals surface area contributed by atoms with Gasteiger partial charge in [0, 0.05) is 21.6 Å². The number of benzene rings is 2. The zero-order chi connectivity index (χ0) is 29.9. The summed E-state index contributed by atoms with van der Waals surface area (Å²) in [6, 6.07) is 22.6. The van der Waals surface area contributed by atoms with Crippen molar-refractivity contribution in [1.29, 1.82) is 0 Å². The molecule has 8 nitrogen and oxygen atoms in total. The van der Waals surface area contributed by atoms with E-state index in [1.165, 1.54) is 34.4 Å². The summed E-state index contributed by atoms with van der Waals surface area (Å²) in [7, 11) is 0. The SMILES string of the molecule is NC(=O)Cc1csc(C2=C(C(=S)OC(c3ccccc3)c3ccccc3)N3C(=O)[C@@H](NC(=O)Cc4cccs4)[C@H]3SC2)n1. The summed E-state index contributed by atoms with van der Waals surface area (Å²) >= 11 is 10.3. The number of carbonyl (C=O) groups excluding carboxylic acids is 3. The molecule has 2 aliphatic rings. The summed E-state index contributed by atoms with van der Waals surface area (Å²) in [6.45, 7) is 0. The highest BCUT2D eigenvalue weighted by molar-refractivity contribution is 8.00. The molecule has 4 heterocycles.